The fourth-order valence-electron chi connectivity index (χ4n) is 4.12. The summed E-state index contributed by atoms with van der Waals surface area (Å²) in [6, 6.07) is 31.5. The molecule has 0 spiro atoms. The molecule has 1 N–H and O–H groups in total. The van der Waals surface area contributed by atoms with Crippen LogP contribution in [-0.2, 0) is 6.54 Å². The van der Waals surface area contributed by atoms with Crippen LogP contribution in [0.4, 0.5) is 0 Å². The highest BCUT2D eigenvalue weighted by molar-refractivity contribution is 5.33. The molecular formula is C26H30N2. The quantitative estimate of drug-likeness (QED) is 0.630. The van der Waals surface area contributed by atoms with Crippen LogP contribution in [0.3, 0.4) is 0 Å². The van der Waals surface area contributed by atoms with Gasteiger partial charge in [0.1, 0.15) is 0 Å². The van der Waals surface area contributed by atoms with E-state index in [1.54, 1.807) is 0 Å². The minimum Gasteiger partial charge on any atom is -0.303 e. The monoisotopic (exact) mass is 370 g/mol. The summed E-state index contributed by atoms with van der Waals surface area (Å²) in [4.78, 5) is 2.58. The first kappa shape index (κ1) is 18.9. The van der Waals surface area contributed by atoms with E-state index in [2.05, 4.69) is 102 Å². The minimum absolute atomic E-state index is 0.257. The molecule has 0 aromatic heterocycles. The van der Waals surface area contributed by atoms with Gasteiger partial charge in [0.25, 0.3) is 0 Å². The van der Waals surface area contributed by atoms with Gasteiger partial charge in [-0.05, 0) is 49.5 Å². The summed E-state index contributed by atoms with van der Waals surface area (Å²) in [5, 5.41) is 3.97. The van der Waals surface area contributed by atoms with E-state index in [4.69, 9.17) is 0 Å². The van der Waals surface area contributed by atoms with Crippen molar-refractivity contribution in [1.82, 2.24) is 10.2 Å². The van der Waals surface area contributed by atoms with Crippen LogP contribution in [0.15, 0.2) is 84.9 Å². The molecule has 1 saturated heterocycles. The fraction of sp³-hybridized carbons (Fsp3) is 0.308. The van der Waals surface area contributed by atoms with E-state index in [1.807, 2.05) is 0 Å². The summed E-state index contributed by atoms with van der Waals surface area (Å²) in [5.74, 6) is 0. The number of piperidine rings is 1. The summed E-state index contributed by atoms with van der Waals surface area (Å²) in [5.41, 5.74) is 5.42. The van der Waals surface area contributed by atoms with Crippen LogP contribution >= 0.6 is 0 Å². The predicted octanol–water partition coefficient (Wildman–Crippen LogP) is 5.34. The smallest absolute Gasteiger partial charge is 0.0578 e. The third kappa shape index (κ3) is 4.89. The summed E-state index contributed by atoms with van der Waals surface area (Å²) in [7, 11) is 0. The second-order valence-corrected chi connectivity index (χ2v) is 7.96. The Bertz CT molecular complexity index is 835. The molecule has 0 amide bonds. The average Bonchev–Trinajstić information content (AvgIpc) is 2.75. The Balaban J connectivity index is 1.41. The second-order valence-electron chi connectivity index (χ2n) is 7.96. The van der Waals surface area contributed by atoms with Crippen LogP contribution < -0.4 is 5.32 Å². The van der Waals surface area contributed by atoms with Crippen LogP contribution in [0.2, 0.25) is 0 Å². The molecule has 3 aromatic carbocycles. The number of hydrogen-bond donors (Lipinski definition) is 1. The van der Waals surface area contributed by atoms with E-state index < -0.39 is 0 Å². The lowest BCUT2D eigenvalue weighted by Gasteiger charge is -2.35. The highest BCUT2D eigenvalue weighted by atomic mass is 15.1. The summed E-state index contributed by atoms with van der Waals surface area (Å²) < 4.78 is 0. The molecule has 2 heteroatoms. The van der Waals surface area contributed by atoms with Gasteiger partial charge in [0.2, 0.25) is 0 Å². The van der Waals surface area contributed by atoms with Crippen molar-refractivity contribution in [3.8, 4) is 0 Å². The molecule has 1 atom stereocenters. The van der Waals surface area contributed by atoms with Gasteiger partial charge in [0.15, 0.2) is 0 Å². The molecule has 1 unspecified atom stereocenters. The van der Waals surface area contributed by atoms with Crippen LogP contribution in [-0.4, -0.2) is 24.0 Å². The number of likely N-dealkylation sites (tertiary alicyclic amines) is 1. The summed E-state index contributed by atoms with van der Waals surface area (Å²) in [6.07, 6.45) is 2.39. The molecule has 3 aromatic rings. The van der Waals surface area contributed by atoms with Crippen molar-refractivity contribution >= 4 is 0 Å². The van der Waals surface area contributed by atoms with E-state index >= 15 is 0 Å². The van der Waals surface area contributed by atoms with E-state index in [-0.39, 0.29) is 6.04 Å². The zero-order valence-corrected chi connectivity index (χ0v) is 16.7. The van der Waals surface area contributed by atoms with Gasteiger partial charge >= 0.3 is 0 Å². The van der Waals surface area contributed by atoms with E-state index in [0.717, 1.165) is 19.6 Å². The molecule has 0 bridgehead atoms. The van der Waals surface area contributed by atoms with E-state index in [1.165, 1.54) is 35.1 Å². The van der Waals surface area contributed by atoms with Crippen LogP contribution in [0.25, 0.3) is 0 Å². The van der Waals surface area contributed by atoms with E-state index in [9.17, 15) is 0 Å². The molecule has 1 aliphatic rings. The van der Waals surface area contributed by atoms with Crippen molar-refractivity contribution in [2.45, 2.75) is 38.4 Å². The molecule has 0 radical (unpaired) electrons. The molecule has 144 valence electrons. The highest BCUT2D eigenvalue weighted by Gasteiger charge is 2.23. The molecule has 0 aliphatic carbocycles. The molecular weight excluding hydrogens is 340 g/mol. The molecule has 1 aliphatic heterocycles. The van der Waals surface area contributed by atoms with Gasteiger partial charge < -0.3 is 5.32 Å². The maximum Gasteiger partial charge on any atom is 0.0578 e. The Morgan fingerprint density at radius 3 is 2.00 bits per heavy atom. The van der Waals surface area contributed by atoms with Crippen molar-refractivity contribution in [2.75, 3.05) is 13.1 Å². The van der Waals surface area contributed by atoms with Crippen molar-refractivity contribution in [3.05, 3.63) is 107 Å². The summed E-state index contributed by atoms with van der Waals surface area (Å²) >= 11 is 0. The maximum atomic E-state index is 3.97. The Morgan fingerprint density at radius 2 is 1.36 bits per heavy atom. The maximum absolute atomic E-state index is 3.97. The van der Waals surface area contributed by atoms with Crippen LogP contribution in [0.5, 0.6) is 0 Å². The molecule has 0 saturated carbocycles. The van der Waals surface area contributed by atoms with Crippen LogP contribution in [0, 0.1) is 6.92 Å². The van der Waals surface area contributed by atoms with Crippen molar-refractivity contribution in [1.29, 1.82) is 0 Å². The number of rotatable bonds is 6. The highest BCUT2D eigenvalue weighted by Crippen LogP contribution is 2.25. The normalized spacial score (nSPS) is 16.8. The zero-order chi connectivity index (χ0) is 19.2. The lowest BCUT2D eigenvalue weighted by atomic mass is 9.95. The first-order chi connectivity index (χ1) is 13.8. The number of nitrogens with zero attached hydrogens (tertiary/aromatic N) is 1. The minimum atomic E-state index is 0.257. The fourth-order valence-corrected chi connectivity index (χ4v) is 4.12. The first-order valence-corrected chi connectivity index (χ1v) is 10.4. The molecule has 4 rings (SSSR count). The Kier molecular flexibility index (Phi) is 6.20. The van der Waals surface area contributed by atoms with Gasteiger partial charge in [-0.25, -0.2) is 0 Å². The van der Waals surface area contributed by atoms with Crippen molar-refractivity contribution in [3.63, 3.8) is 0 Å². The Labute approximate surface area is 169 Å². The molecule has 2 nitrogen and oxygen atoms in total. The van der Waals surface area contributed by atoms with E-state index in [0.29, 0.717) is 6.04 Å². The predicted molar refractivity (Wildman–Crippen MR) is 117 cm³/mol. The summed E-state index contributed by atoms with van der Waals surface area (Å²) in [6.45, 7) is 5.52. The van der Waals surface area contributed by atoms with Crippen molar-refractivity contribution < 1.29 is 0 Å². The van der Waals surface area contributed by atoms with Gasteiger partial charge in [-0.2, -0.15) is 0 Å². The average molecular weight is 371 g/mol. The Hall–Kier alpha value is -2.42. The van der Waals surface area contributed by atoms with Crippen molar-refractivity contribution in [2.24, 2.45) is 0 Å². The third-order valence-electron chi connectivity index (χ3n) is 5.78. The Morgan fingerprint density at radius 1 is 0.786 bits per heavy atom. The molecule has 28 heavy (non-hydrogen) atoms. The van der Waals surface area contributed by atoms with Gasteiger partial charge in [-0.15, -0.1) is 0 Å². The SMILES string of the molecule is Cc1ccc(C(NC2CCN(Cc3ccccc3)CC2)c2ccccc2)cc1. The van der Waals surface area contributed by atoms with Gasteiger partial charge in [-0.1, -0.05) is 90.5 Å². The lowest BCUT2D eigenvalue weighted by molar-refractivity contribution is 0.187. The molecule has 1 fully saturated rings. The lowest BCUT2D eigenvalue weighted by Crippen LogP contribution is -2.43. The zero-order valence-electron chi connectivity index (χ0n) is 16.7. The standard InChI is InChI=1S/C26H30N2/c1-21-12-14-24(15-13-21)26(23-10-6-3-7-11-23)27-25-16-18-28(19-17-25)20-22-8-4-2-5-9-22/h2-15,25-27H,16-20H2,1H3. The number of hydrogen-bond acceptors (Lipinski definition) is 2. The number of benzene rings is 3. The van der Waals surface area contributed by atoms with Gasteiger partial charge in [0, 0.05) is 12.6 Å². The topological polar surface area (TPSA) is 15.3 Å². The third-order valence-corrected chi connectivity index (χ3v) is 5.78. The molecule has 1 heterocycles. The van der Waals surface area contributed by atoms with Gasteiger partial charge in [0.05, 0.1) is 6.04 Å². The number of aryl methyl sites for hydroxylation is 1. The van der Waals surface area contributed by atoms with Gasteiger partial charge in [-0.3, -0.25) is 4.90 Å². The number of nitrogens with one attached hydrogen (secondary N) is 1. The first-order valence-electron chi connectivity index (χ1n) is 10.4. The second kappa shape index (κ2) is 9.18. The largest absolute Gasteiger partial charge is 0.303 e. The van der Waals surface area contributed by atoms with Crippen LogP contribution in [0.1, 0.15) is 41.1 Å².